The van der Waals surface area contributed by atoms with Crippen molar-refractivity contribution in [3.05, 3.63) is 29.3 Å². The molecule has 0 saturated heterocycles. The lowest BCUT2D eigenvalue weighted by Gasteiger charge is -2.15. The molecule has 1 aromatic carbocycles. The zero-order valence-corrected chi connectivity index (χ0v) is 20.1. The van der Waals surface area contributed by atoms with Gasteiger partial charge in [0, 0.05) is 58.3 Å². The van der Waals surface area contributed by atoms with Crippen molar-refractivity contribution in [1.82, 2.24) is 16.0 Å². The first-order valence-electron chi connectivity index (χ1n) is 10.1. The molecule has 1 amide bonds. The van der Waals surface area contributed by atoms with E-state index in [4.69, 9.17) is 9.47 Å². The molecule has 8 heteroatoms. The van der Waals surface area contributed by atoms with Gasteiger partial charge in [0.15, 0.2) is 5.96 Å². The van der Waals surface area contributed by atoms with Gasteiger partial charge in [0.25, 0.3) is 0 Å². The number of rotatable bonds is 12. The molecule has 3 N–H and O–H groups in total. The number of benzene rings is 1. The number of halogens is 1. The minimum atomic E-state index is 0. The third-order valence-corrected chi connectivity index (χ3v) is 4.46. The van der Waals surface area contributed by atoms with Crippen LogP contribution in [-0.4, -0.2) is 51.8 Å². The molecular weight excluding hydrogens is 483 g/mol. The Morgan fingerprint density at radius 3 is 2.69 bits per heavy atom. The number of ether oxygens (including phenoxy) is 2. The summed E-state index contributed by atoms with van der Waals surface area (Å²) in [5, 5.41) is 9.57. The van der Waals surface area contributed by atoms with Gasteiger partial charge in [-0.15, -0.1) is 24.0 Å². The molecule has 0 aliphatic heterocycles. The van der Waals surface area contributed by atoms with Crippen molar-refractivity contribution >= 4 is 35.8 Å². The molecule has 1 fully saturated rings. The molecule has 0 radical (unpaired) electrons. The Balaban J connectivity index is 0.00000420. The largest absolute Gasteiger partial charge is 0.493 e. The molecule has 0 bridgehead atoms. The zero-order valence-electron chi connectivity index (χ0n) is 17.8. The van der Waals surface area contributed by atoms with Crippen LogP contribution < -0.4 is 20.7 Å². The zero-order chi connectivity index (χ0) is 20.2. The average Bonchev–Trinajstić information content (AvgIpc) is 3.49. The molecule has 0 spiro atoms. The van der Waals surface area contributed by atoms with Crippen molar-refractivity contribution in [3.8, 4) is 5.75 Å². The molecule has 0 unspecified atom stereocenters. The third-order valence-electron chi connectivity index (χ3n) is 4.46. The lowest BCUT2D eigenvalue weighted by atomic mass is 10.1. The van der Waals surface area contributed by atoms with Crippen molar-refractivity contribution < 1.29 is 14.3 Å². The van der Waals surface area contributed by atoms with E-state index >= 15 is 0 Å². The first-order valence-corrected chi connectivity index (χ1v) is 10.1. The van der Waals surface area contributed by atoms with Gasteiger partial charge in [-0.1, -0.05) is 12.1 Å². The van der Waals surface area contributed by atoms with E-state index in [1.807, 2.05) is 0 Å². The van der Waals surface area contributed by atoms with E-state index in [1.54, 1.807) is 14.2 Å². The first-order chi connectivity index (χ1) is 13.6. The Kier molecular flexibility index (Phi) is 12.7. The number of aryl methyl sites for hydroxylation is 1. The minimum Gasteiger partial charge on any atom is -0.493 e. The third kappa shape index (κ3) is 10.7. The Morgan fingerprint density at radius 1 is 1.21 bits per heavy atom. The van der Waals surface area contributed by atoms with E-state index in [-0.39, 0.29) is 29.9 Å². The van der Waals surface area contributed by atoms with E-state index < -0.39 is 0 Å². The highest BCUT2D eigenvalue weighted by atomic mass is 127. The monoisotopic (exact) mass is 518 g/mol. The van der Waals surface area contributed by atoms with Crippen molar-refractivity contribution in [2.75, 3.05) is 33.9 Å². The highest BCUT2D eigenvalue weighted by Gasteiger charge is 2.22. The van der Waals surface area contributed by atoms with Gasteiger partial charge in [-0.2, -0.15) is 0 Å². The lowest BCUT2D eigenvalue weighted by molar-refractivity contribution is -0.121. The average molecular weight is 518 g/mol. The van der Waals surface area contributed by atoms with Crippen molar-refractivity contribution in [3.63, 3.8) is 0 Å². The normalized spacial score (nSPS) is 13.4. The summed E-state index contributed by atoms with van der Waals surface area (Å²) in [7, 11) is 3.44. The number of nitrogens with zero attached hydrogens (tertiary/aromatic N) is 1. The maximum absolute atomic E-state index is 11.7. The molecule has 1 aliphatic carbocycles. The molecule has 7 nitrogen and oxygen atoms in total. The molecule has 0 heterocycles. The number of guanidine groups is 1. The topological polar surface area (TPSA) is 84.0 Å². The number of carbonyl (C=O) groups is 1. The van der Waals surface area contributed by atoms with E-state index in [0.29, 0.717) is 44.7 Å². The fraction of sp³-hybridized carbons (Fsp3) is 0.619. The molecule has 164 valence electrons. The number of hydrogen-bond donors (Lipinski definition) is 3. The predicted octanol–water partition coefficient (Wildman–Crippen LogP) is 2.75. The number of amides is 1. The highest BCUT2D eigenvalue weighted by Crippen LogP contribution is 2.20. The van der Waals surface area contributed by atoms with Crippen LogP contribution in [0.5, 0.6) is 5.75 Å². The summed E-state index contributed by atoms with van der Waals surface area (Å²) in [6, 6.07) is 6.63. The van der Waals surface area contributed by atoms with Crippen molar-refractivity contribution in [2.45, 2.75) is 51.6 Å². The fourth-order valence-corrected chi connectivity index (χ4v) is 2.71. The fourth-order valence-electron chi connectivity index (χ4n) is 2.71. The summed E-state index contributed by atoms with van der Waals surface area (Å²) in [5.41, 5.74) is 2.24. The maximum atomic E-state index is 11.7. The van der Waals surface area contributed by atoms with Crippen LogP contribution in [0.4, 0.5) is 0 Å². The Morgan fingerprint density at radius 2 is 2.00 bits per heavy atom. The second kappa shape index (κ2) is 14.4. The van der Waals surface area contributed by atoms with Gasteiger partial charge in [0.05, 0.1) is 6.61 Å². The second-order valence-corrected chi connectivity index (χ2v) is 7.10. The number of nitrogens with one attached hydrogen (secondary N) is 3. The Bertz CT molecular complexity index is 651. The smallest absolute Gasteiger partial charge is 0.220 e. The van der Waals surface area contributed by atoms with Gasteiger partial charge in [0.1, 0.15) is 5.75 Å². The van der Waals surface area contributed by atoms with Gasteiger partial charge >= 0.3 is 0 Å². The standard InChI is InChI=1S/C21H34N4O3.HI/c1-16-7-8-17(19(14-16)28-13-5-12-27-3)15-24-21(22-2)23-11-4-6-20(26)25-18-9-10-18;/h7-8,14,18H,4-6,9-13,15H2,1-3H3,(H,25,26)(H2,22,23,24);1H. The summed E-state index contributed by atoms with van der Waals surface area (Å²) in [6.07, 6.45) is 4.42. The summed E-state index contributed by atoms with van der Waals surface area (Å²) < 4.78 is 11.0. The van der Waals surface area contributed by atoms with Crippen LogP contribution in [0.1, 0.15) is 43.2 Å². The van der Waals surface area contributed by atoms with Gasteiger partial charge in [0.2, 0.25) is 5.91 Å². The van der Waals surface area contributed by atoms with Crippen LogP contribution in [0.3, 0.4) is 0 Å². The second-order valence-electron chi connectivity index (χ2n) is 7.10. The summed E-state index contributed by atoms with van der Waals surface area (Å²) in [6.45, 7) is 4.68. The van der Waals surface area contributed by atoms with E-state index in [1.165, 1.54) is 0 Å². The number of hydrogen-bond acceptors (Lipinski definition) is 4. The van der Waals surface area contributed by atoms with E-state index in [0.717, 1.165) is 42.6 Å². The molecule has 0 atom stereocenters. The van der Waals surface area contributed by atoms with Crippen LogP contribution in [-0.2, 0) is 16.1 Å². The van der Waals surface area contributed by atoms with Gasteiger partial charge in [-0.05, 0) is 37.8 Å². The Labute approximate surface area is 191 Å². The van der Waals surface area contributed by atoms with Gasteiger partial charge < -0.3 is 25.4 Å². The van der Waals surface area contributed by atoms with Gasteiger partial charge in [-0.25, -0.2) is 0 Å². The molecule has 29 heavy (non-hydrogen) atoms. The summed E-state index contributed by atoms with van der Waals surface area (Å²) >= 11 is 0. The number of methoxy groups -OCH3 is 1. The lowest BCUT2D eigenvalue weighted by Crippen LogP contribution is -2.37. The molecule has 1 aromatic rings. The molecular formula is C21H35IN4O3. The van der Waals surface area contributed by atoms with Crippen LogP contribution in [0.15, 0.2) is 23.2 Å². The number of aliphatic imine (C=N–C) groups is 1. The van der Waals surface area contributed by atoms with Crippen LogP contribution in [0, 0.1) is 6.92 Å². The van der Waals surface area contributed by atoms with Crippen molar-refractivity contribution in [2.24, 2.45) is 4.99 Å². The first kappa shape index (κ1) is 25.5. The molecule has 2 rings (SSSR count). The maximum Gasteiger partial charge on any atom is 0.220 e. The van der Waals surface area contributed by atoms with Crippen LogP contribution in [0.25, 0.3) is 0 Å². The summed E-state index contributed by atoms with van der Waals surface area (Å²) in [4.78, 5) is 16.0. The molecule has 0 aromatic heterocycles. The molecule has 1 aliphatic rings. The summed E-state index contributed by atoms with van der Waals surface area (Å²) in [5.74, 6) is 1.74. The van der Waals surface area contributed by atoms with Gasteiger partial charge in [-0.3, -0.25) is 9.79 Å². The quantitative estimate of drug-likeness (QED) is 0.172. The minimum absolute atomic E-state index is 0. The van der Waals surface area contributed by atoms with E-state index in [2.05, 4.69) is 46.1 Å². The predicted molar refractivity (Wildman–Crippen MR) is 127 cm³/mol. The SMILES string of the molecule is CN=C(NCCCC(=O)NC1CC1)NCc1ccc(C)cc1OCCCOC.I. The molecule has 1 saturated carbocycles. The number of carbonyl (C=O) groups excluding carboxylic acids is 1. The highest BCUT2D eigenvalue weighted by molar-refractivity contribution is 14.0. The van der Waals surface area contributed by atoms with Crippen molar-refractivity contribution in [1.29, 1.82) is 0 Å². The van der Waals surface area contributed by atoms with E-state index in [9.17, 15) is 4.79 Å². The van der Waals surface area contributed by atoms with Crippen LogP contribution >= 0.6 is 24.0 Å². The van der Waals surface area contributed by atoms with Crippen LogP contribution in [0.2, 0.25) is 0 Å². The Hall–Kier alpha value is -1.55.